The molecular weight excluding hydrogens is 425 g/mol. The first-order chi connectivity index (χ1) is 13.8. The van der Waals surface area contributed by atoms with Crippen molar-refractivity contribution in [3.63, 3.8) is 0 Å². The summed E-state index contributed by atoms with van der Waals surface area (Å²) >= 11 is 5.92. The zero-order valence-electron chi connectivity index (χ0n) is 15.0. The Morgan fingerprint density at radius 2 is 2.10 bits per heavy atom. The maximum atomic E-state index is 13.3. The van der Waals surface area contributed by atoms with Gasteiger partial charge in [-0.2, -0.15) is 0 Å². The van der Waals surface area contributed by atoms with Crippen LogP contribution in [0.2, 0.25) is 5.02 Å². The fourth-order valence-electron chi connectivity index (χ4n) is 3.93. The molecule has 0 saturated heterocycles. The summed E-state index contributed by atoms with van der Waals surface area (Å²) in [6, 6.07) is 7.80. The molecule has 7 nitrogen and oxygen atoms in total. The maximum Gasteiger partial charge on any atom is 0.341 e. The van der Waals surface area contributed by atoms with E-state index in [0.29, 0.717) is 24.3 Å². The lowest BCUT2D eigenvalue weighted by atomic mass is 9.94. The molecule has 1 saturated carbocycles. The monoisotopic (exact) mass is 441 g/mol. The second kappa shape index (κ2) is 7.47. The Bertz CT molecular complexity index is 1080. The van der Waals surface area contributed by atoms with Gasteiger partial charge in [0.05, 0.1) is 5.02 Å². The summed E-state index contributed by atoms with van der Waals surface area (Å²) < 4.78 is 52.8. The smallest absolute Gasteiger partial charge is 0.341 e. The van der Waals surface area contributed by atoms with Crippen LogP contribution in [0.5, 0.6) is 11.5 Å². The van der Waals surface area contributed by atoms with Gasteiger partial charge in [-0.1, -0.05) is 23.7 Å². The number of carbonyl (C=O) groups is 1. The van der Waals surface area contributed by atoms with Gasteiger partial charge in [-0.3, -0.25) is 0 Å². The number of fused-ring (bicyclic) bond motifs is 3. The van der Waals surface area contributed by atoms with E-state index in [1.54, 1.807) is 12.1 Å². The second-order valence-corrected chi connectivity index (χ2v) is 9.01. The summed E-state index contributed by atoms with van der Waals surface area (Å²) in [5.74, 6) is -1.24. The van der Waals surface area contributed by atoms with Crippen molar-refractivity contribution in [3.05, 3.63) is 52.8 Å². The van der Waals surface area contributed by atoms with Crippen molar-refractivity contribution in [2.45, 2.75) is 35.8 Å². The minimum Gasteiger partial charge on any atom is -0.486 e. The van der Waals surface area contributed by atoms with E-state index in [0.717, 1.165) is 23.8 Å². The second-order valence-electron chi connectivity index (χ2n) is 6.92. The highest BCUT2D eigenvalue weighted by molar-refractivity contribution is 7.89. The van der Waals surface area contributed by atoms with Crippen molar-refractivity contribution in [2.75, 3.05) is 6.61 Å². The molecule has 1 aliphatic carbocycles. The summed E-state index contributed by atoms with van der Waals surface area (Å²) in [5, 5.41) is 8.63. The molecule has 0 bridgehead atoms. The van der Waals surface area contributed by atoms with Gasteiger partial charge in [-0.05, 0) is 37.1 Å². The van der Waals surface area contributed by atoms with Crippen molar-refractivity contribution in [3.8, 4) is 11.5 Å². The van der Waals surface area contributed by atoms with Crippen LogP contribution in [-0.2, 0) is 14.8 Å². The predicted octanol–water partition coefficient (Wildman–Crippen LogP) is 2.93. The van der Waals surface area contributed by atoms with Crippen LogP contribution in [0, 0.1) is 5.82 Å². The number of carboxylic acid groups (broad SMARTS) is 1. The Kier molecular flexibility index (Phi) is 5.14. The van der Waals surface area contributed by atoms with Crippen molar-refractivity contribution < 1.29 is 32.2 Å². The third kappa shape index (κ3) is 3.77. The standard InChI is InChI=1S/C19H17ClFNO6S/c20-12-8-10(21)4-7-16(12)29(25,26)22-13-5-6-14-18(13)11-2-1-3-15(19(11)28-14)27-9-17(23)24/h1-4,7-8,13-14,18,22H,5-6,9H2,(H,23,24). The lowest BCUT2D eigenvalue weighted by Gasteiger charge is -2.20. The number of para-hydroxylation sites is 1. The lowest BCUT2D eigenvalue weighted by molar-refractivity contribution is -0.139. The molecule has 29 heavy (non-hydrogen) atoms. The third-order valence-electron chi connectivity index (χ3n) is 5.08. The molecule has 2 aromatic rings. The number of rotatable bonds is 6. The number of hydrogen-bond acceptors (Lipinski definition) is 5. The highest BCUT2D eigenvalue weighted by Gasteiger charge is 2.47. The van der Waals surface area contributed by atoms with Crippen LogP contribution in [-0.4, -0.2) is 38.2 Å². The van der Waals surface area contributed by atoms with Crippen molar-refractivity contribution in [2.24, 2.45) is 0 Å². The molecule has 1 fully saturated rings. The minimum absolute atomic E-state index is 0.193. The topological polar surface area (TPSA) is 102 Å². The molecule has 2 N–H and O–H groups in total. The molecule has 10 heteroatoms. The van der Waals surface area contributed by atoms with Gasteiger partial charge in [0.25, 0.3) is 0 Å². The molecule has 154 valence electrons. The average Bonchev–Trinajstić information content (AvgIpc) is 3.19. The number of hydrogen-bond donors (Lipinski definition) is 2. The van der Waals surface area contributed by atoms with E-state index in [4.69, 9.17) is 26.2 Å². The van der Waals surface area contributed by atoms with E-state index < -0.39 is 34.5 Å². The molecule has 1 aliphatic heterocycles. The quantitative estimate of drug-likeness (QED) is 0.714. The van der Waals surface area contributed by atoms with Crippen LogP contribution >= 0.6 is 11.6 Å². The molecule has 3 atom stereocenters. The molecule has 2 aromatic carbocycles. The third-order valence-corrected chi connectivity index (χ3v) is 7.05. The van der Waals surface area contributed by atoms with E-state index in [9.17, 15) is 17.6 Å². The number of sulfonamides is 1. The molecule has 0 aromatic heterocycles. The fraction of sp³-hybridized carbons (Fsp3) is 0.316. The maximum absolute atomic E-state index is 13.3. The number of halogens is 2. The van der Waals surface area contributed by atoms with Crippen LogP contribution in [0.25, 0.3) is 0 Å². The van der Waals surface area contributed by atoms with E-state index in [1.165, 1.54) is 0 Å². The number of ether oxygens (including phenoxy) is 2. The molecule has 4 rings (SSSR count). The fourth-order valence-corrected chi connectivity index (χ4v) is 5.75. The Labute approximate surface area is 171 Å². The van der Waals surface area contributed by atoms with Gasteiger partial charge < -0.3 is 14.6 Å². The first-order valence-electron chi connectivity index (χ1n) is 8.88. The van der Waals surface area contributed by atoms with E-state index >= 15 is 0 Å². The molecule has 3 unspecified atom stereocenters. The molecule has 2 aliphatic rings. The highest BCUT2D eigenvalue weighted by Crippen LogP contribution is 2.51. The average molecular weight is 442 g/mol. The Hall–Kier alpha value is -2.36. The molecule has 0 spiro atoms. The van der Waals surface area contributed by atoms with E-state index in [-0.39, 0.29) is 21.9 Å². The summed E-state index contributed by atoms with van der Waals surface area (Å²) in [6.45, 7) is -0.506. The zero-order valence-corrected chi connectivity index (χ0v) is 16.5. The van der Waals surface area contributed by atoms with Crippen LogP contribution in [0.15, 0.2) is 41.3 Å². The van der Waals surface area contributed by atoms with E-state index in [1.807, 2.05) is 6.07 Å². The Morgan fingerprint density at radius 3 is 2.83 bits per heavy atom. The first-order valence-corrected chi connectivity index (χ1v) is 10.7. The molecule has 1 heterocycles. The van der Waals surface area contributed by atoms with Crippen molar-refractivity contribution in [1.82, 2.24) is 4.72 Å². The normalized spacial score (nSPS) is 22.6. The molecular formula is C19H17ClFNO6S. The van der Waals surface area contributed by atoms with Crippen LogP contribution in [0.3, 0.4) is 0 Å². The Morgan fingerprint density at radius 1 is 1.31 bits per heavy atom. The number of aliphatic carboxylic acids is 1. The summed E-state index contributed by atoms with van der Waals surface area (Å²) in [7, 11) is -3.98. The molecule has 0 amide bonds. The number of benzene rings is 2. The highest BCUT2D eigenvalue weighted by atomic mass is 35.5. The number of carboxylic acids is 1. The van der Waals surface area contributed by atoms with Crippen LogP contribution < -0.4 is 14.2 Å². The van der Waals surface area contributed by atoms with Gasteiger partial charge in [-0.25, -0.2) is 22.3 Å². The van der Waals surface area contributed by atoms with Crippen LogP contribution in [0.1, 0.15) is 24.3 Å². The first kappa shape index (κ1) is 19.9. The number of nitrogens with one attached hydrogen (secondary N) is 1. The Balaban J connectivity index is 1.60. The van der Waals surface area contributed by atoms with Gasteiger partial charge in [0, 0.05) is 17.5 Å². The summed E-state index contributed by atoms with van der Waals surface area (Å²) in [5.41, 5.74) is 0.758. The summed E-state index contributed by atoms with van der Waals surface area (Å²) in [4.78, 5) is 10.6. The minimum atomic E-state index is -3.98. The van der Waals surface area contributed by atoms with Gasteiger partial charge in [0.2, 0.25) is 10.0 Å². The zero-order chi connectivity index (χ0) is 20.8. The van der Waals surface area contributed by atoms with Gasteiger partial charge in [0.15, 0.2) is 18.1 Å². The van der Waals surface area contributed by atoms with E-state index in [2.05, 4.69) is 4.72 Å². The summed E-state index contributed by atoms with van der Waals surface area (Å²) in [6.07, 6.45) is 0.908. The van der Waals surface area contributed by atoms with Crippen LogP contribution in [0.4, 0.5) is 4.39 Å². The molecule has 0 radical (unpaired) electrons. The van der Waals surface area contributed by atoms with Crippen molar-refractivity contribution >= 4 is 27.6 Å². The SMILES string of the molecule is O=C(O)COc1cccc2c1OC1CCC(NS(=O)(=O)c3ccc(F)cc3Cl)C21. The predicted molar refractivity (Wildman–Crippen MR) is 101 cm³/mol. The van der Waals surface area contributed by atoms with Gasteiger partial charge >= 0.3 is 5.97 Å². The largest absolute Gasteiger partial charge is 0.486 e. The van der Waals surface area contributed by atoms with Gasteiger partial charge in [0.1, 0.15) is 16.8 Å². The lowest BCUT2D eigenvalue weighted by Crippen LogP contribution is -2.37. The van der Waals surface area contributed by atoms with Crippen molar-refractivity contribution in [1.29, 1.82) is 0 Å². The van der Waals surface area contributed by atoms with Gasteiger partial charge in [-0.15, -0.1) is 0 Å².